The molecule has 1 fully saturated rings. The van der Waals surface area contributed by atoms with Crippen LogP contribution >= 0.6 is 0 Å². The van der Waals surface area contributed by atoms with Gasteiger partial charge in [0.1, 0.15) is 6.04 Å². The minimum Gasteiger partial charge on any atom is -0.342 e. The number of nitrogens with one attached hydrogen (secondary N) is 1. The molecule has 1 rings (SSSR count). The smallest absolute Gasteiger partial charge is 0.245 e. The second-order valence-corrected chi connectivity index (χ2v) is 5.70. The minimum absolute atomic E-state index is 0.0301. The fourth-order valence-electron chi connectivity index (χ4n) is 2.27. The lowest BCUT2D eigenvalue weighted by Gasteiger charge is -2.35. The first-order valence-electron chi connectivity index (χ1n) is 7.18. The maximum atomic E-state index is 12.3. The number of unbranched alkanes of at least 4 members (excludes halogenated alkanes) is 1. The summed E-state index contributed by atoms with van der Waals surface area (Å²) in [6, 6.07) is -0.333. The molecule has 5 heteroatoms. The zero-order valence-corrected chi connectivity index (χ0v) is 12.6. The van der Waals surface area contributed by atoms with E-state index in [1.54, 1.807) is 4.90 Å². The van der Waals surface area contributed by atoms with Crippen LogP contribution in [0.2, 0.25) is 0 Å². The van der Waals surface area contributed by atoms with Crippen molar-refractivity contribution in [1.82, 2.24) is 15.1 Å². The number of piperazine rings is 1. The van der Waals surface area contributed by atoms with Gasteiger partial charge in [-0.05, 0) is 39.4 Å². The summed E-state index contributed by atoms with van der Waals surface area (Å²) in [4.78, 5) is 27.8. The van der Waals surface area contributed by atoms with E-state index in [1.807, 2.05) is 27.9 Å². The Kier molecular flexibility index (Phi) is 6.28. The molecule has 1 N–H and O–H groups in total. The van der Waals surface area contributed by atoms with Crippen LogP contribution in [-0.2, 0) is 9.59 Å². The first kappa shape index (κ1) is 16.0. The van der Waals surface area contributed by atoms with E-state index in [0.29, 0.717) is 6.54 Å². The fourth-order valence-corrected chi connectivity index (χ4v) is 2.27. The zero-order valence-electron chi connectivity index (χ0n) is 12.6. The lowest BCUT2D eigenvalue weighted by atomic mass is 9.96. The molecule has 2 unspecified atom stereocenters. The fraction of sp³-hybridized carbons (Fsp3) is 0.857. The second kappa shape index (κ2) is 7.48. The maximum absolute atomic E-state index is 12.3. The van der Waals surface area contributed by atoms with Crippen molar-refractivity contribution < 1.29 is 9.59 Å². The van der Waals surface area contributed by atoms with Crippen LogP contribution in [0, 0.1) is 5.92 Å². The van der Waals surface area contributed by atoms with Crippen molar-refractivity contribution in [2.24, 2.45) is 5.92 Å². The lowest BCUT2D eigenvalue weighted by Crippen LogP contribution is -2.60. The highest BCUT2D eigenvalue weighted by Crippen LogP contribution is 2.14. The molecule has 0 bridgehead atoms. The Hall–Kier alpha value is -1.10. The van der Waals surface area contributed by atoms with E-state index in [4.69, 9.17) is 0 Å². The van der Waals surface area contributed by atoms with Gasteiger partial charge in [-0.2, -0.15) is 0 Å². The van der Waals surface area contributed by atoms with Crippen molar-refractivity contribution >= 4 is 11.8 Å². The van der Waals surface area contributed by atoms with E-state index >= 15 is 0 Å². The molecule has 0 aromatic carbocycles. The first-order chi connectivity index (χ1) is 8.95. The van der Waals surface area contributed by atoms with Crippen molar-refractivity contribution in [3.05, 3.63) is 0 Å². The van der Waals surface area contributed by atoms with Gasteiger partial charge in [0, 0.05) is 6.54 Å². The molecule has 0 radical (unpaired) electrons. The first-order valence-corrected chi connectivity index (χ1v) is 7.18. The Bertz CT molecular complexity index is 318. The van der Waals surface area contributed by atoms with Crippen molar-refractivity contribution in [1.29, 1.82) is 0 Å². The molecule has 1 heterocycles. The van der Waals surface area contributed by atoms with E-state index in [2.05, 4.69) is 10.2 Å². The highest BCUT2D eigenvalue weighted by Gasteiger charge is 2.34. The Labute approximate surface area is 116 Å². The Morgan fingerprint density at radius 2 is 2.05 bits per heavy atom. The Balaban J connectivity index is 2.48. The normalized spacial score (nSPS) is 21.7. The van der Waals surface area contributed by atoms with Crippen molar-refractivity contribution in [3.63, 3.8) is 0 Å². The van der Waals surface area contributed by atoms with E-state index in [-0.39, 0.29) is 30.3 Å². The van der Waals surface area contributed by atoms with Crippen molar-refractivity contribution in [2.45, 2.75) is 39.2 Å². The summed E-state index contributed by atoms with van der Waals surface area (Å²) in [5, 5.41) is 2.82. The largest absolute Gasteiger partial charge is 0.342 e. The van der Waals surface area contributed by atoms with Gasteiger partial charge in [-0.25, -0.2) is 0 Å². The highest BCUT2D eigenvalue weighted by atomic mass is 16.2. The Morgan fingerprint density at radius 1 is 1.37 bits per heavy atom. The molecule has 0 aromatic rings. The second-order valence-electron chi connectivity index (χ2n) is 5.70. The number of rotatable bonds is 7. The van der Waals surface area contributed by atoms with Crippen LogP contribution in [-0.4, -0.2) is 61.4 Å². The summed E-state index contributed by atoms with van der Waals surface area (Å²) in [5.74, 6) is 0.248. The van der Waals surface area contributed by atoms with E-state index in [9.17, 15) is 9.59 Å². The zero-order chi connectivity index (χ0) is 14.4. The van der Waals surface area contributed by atoms with Crippen LogP contribution in [0.5, 0.6) is 0 Å². The maximum Gasteiger partial charge on any atom is 0.245 e. The standard InChI is InChI=1S/C14H27N3O2/c1-5-11(2)13-14(19)17(10-12(18)15-13)9-7-6-8-16(3)4/h11,13H,5-10H2,1-4H3,(H,15,18). The van der Waals surface area contributed by atoms with Gasteiger partial charge in [-0.15, -0.1) is 0 Å². The molecule has 5 nitrogen and oxygen atoms in total. The molecule has 110 valence electrons. The van der Waals surface area contributed by atoms with Gasteiger partial charge >= 0.3 is 0 Å². The van der Waals surface area contributed by atoms with Gasteiger partial charge in [0.25, 0.3) is 0 Å². The molecule has 0 aromatic heterocycles. The summed E-state index contributed by atoms with van der Waals surface area (Å²) in [5.41, 5.74) is 0. The van der Waals surface area contributed by atoms with Crippen LogP contribution in [0.15, 0.2) is 0 Å². The number of hydrogen-bond donors (Lipinski definition) is 1. The van der Waals surface area contributed by atoms with E-state index in [0.717, 1.165) is 25.8 Å². The Morgan fingerprint density at radius 3 is 2.63 bits per heavy atom. The van der Waals surface area contributed by atoms with Crippen LogP contribution in [0.3, 0.4) is 0 Å². The third-order valence-electron chi connectivity index (χ3n) is 3.73. The van der Waals surface area contributed by atoms with Gasteiger partial charge in [0.2, 0.25) is 11.8 Å². The van der Waals surface area contributed by atoms with Gasteiger partial charge in [-0.1, -0.05) is 20.3 Å². The van der Waals surface area contributed by atoms with Gasteiger partial charge in [0.05, 0.1) is 6.54 Å². The highest BCUT2D eigenvalue weighted by molar-refractivity contribution is 5.94. The minimum atomic E-state index is -0.333. The SMILES string of the molecule is CCC(C)C1NC(=O)CN(CCCCN(C)C)C1=O. The molecule has 0 saturated carbocycles. The quantitative estimate of drug-likeness (QED) is 0.692. The predicted octanol–water partition coefficient (Wildman–Crippen LogP) is 0.701. The number of carbonyl (C=O) groups is 2. The van der Waals surface area contributed by atoms with Gasteiger partial charge < -0.3 is 15.1 Å². The molecular weight excluding hydrogens is 242 g/mol. The van der Waals surface area contributed by atoms with Crippen LogP contribution in [0.1, 0.15) is 33.1 Å². The molecular formula is C14H27N3O2. The third-order valence-corrected chi connectivity index (χ3v) is 3.73. The molecule has 1 aliphatic rings. The van der Waals surface area contributed by atoms with Crippen molar-refractivity contribution in [2.75, 3.05) is 33.7 Å². The van der Waals surface area contributed by atoms with Gasteiger partial charge in [0.15, 0.2) is 0 Å². The van der Waals surface area contributed by atoms with Crippen molar-refractivity contribution in [3.8, 4) is 0 Å². The summed E-state index contributed by atoms with van der Waals surface area (Å²) in [6.45, 7) is 5.97. The van der Waals surface area contributed by atoms with Crippen LogP contribution in [0.25, 0.3) is 0 Å². The molecule has 2 atom stereocenters. The monoisotopic (exact) mass is 269 g/mol. The molecule has 1 saturated heterocycles. The summed E-state index contributed by atoms with van der Waals surface area (Å²) < 4.78 is 0. The number of amides is 2. The van der Waals surface area contributed by atoms with Crippen LogP contribution < -0.4 is 5.32 Å². The number of nitrogens with zero attached hydrogens (tertiary/aromatic N) is 2. The van der Waals surface area contributed by atoms with Gasteiger partial charge in [-0.3, -0.25) is 9.59 Å². The summed E-state index contributed by atoms with van der Waals surface area (Å²) in [7, 11) is 4.08. The summed E-state index contributed by atoms with van der Waals surface area (Å²) in [6.07, 6.45) is 2.89. The molecule has 1 aliphatic heterocycles. The predicted molar refractivity (Wildman–Crippen MR) is 75.8 cm³/mol. The molecule has 0 aliphatic carbocycles. The van der Waals surface area contributed by atoms with E-state index in [1.165, 1.54) is 0 Å². The molecule has 19 heavy (non-hydrogen) atoms. The van der Waals surface area contributed by atoms with E-state index < -0.39 is 0 Å². The third kappa shape index (κ3) is 4.82. The average Bonchev–Trinajstić information content (AvgIpc) is 2.36. The number of carbonyl (C=O) groups excluding carboxylic acids is 2. The summed E-state index contributed by atoms with van der Waals surface area (Å²) >= 11 is 0. The number of hydrogen-bond acceptors (Lipinski definition) is 3. The average molecular weight is 269 g/mol. The topological polar surface area (TPSA) is 52.7 Å². The lowest BCUT2D eigenvalue weighted by molar-refractivity contribution is -0.145. The van der Waals surface area contributed by atoms with Crippen LogP contribution in [0.4, 0.5) is 0 Å². The molecule has 0 spiro atoms. The molecule has 2 amide bonds.